The zero-order chi connectivity index (χ0) is 16.0. The number of benzene rings is 2. The molecule has 2 aromatic rings. The van der Waals surface area contributed by atoms with Gasteiger partial charge in [-0.15, -0.1) is 0 Å². The molecule has 0 unspecified atom stereocenters. The molecule has 0 bridgehead atoms. The van der Waals surface area contributed by atoms with Crippen molar-refractivity contribution in [3.05, 3.63) is 59.7 Å². The Morgan fingerprint density at radius 3 is 2.32 bits per heavy atom. The van der Waals surface area contributed by atoms with E-state index in [2.05, 4.69) is 44.3 Å². The van der Waals surface area contributed by atoms with E-state index in [1.54, 1.807) is 7.11 Å². The molecule has 0 aliphatic carbocycles. The van der Waals surface area contributed by atoms with E-state index in [1.807, 2.05) is 30.3 Å². The average molecular weight is 299 g/mol. The molecule has 2 aromatic carbocycles. The maximum absolute atomic E-state index is 6.05. The molecule has 0 amide bonds. The van der Waals surface area contributed by atoms with Gasteiger partial charge in [-0.05, 0) is 32.4 Å². The lowest BCUT2D eigenvalue weighted by Crippen LogP contribution is -2.35. The number of methoxy groups -OCH3 is 1. The Bertz CT molecular complexity index is 588. The summed E-state index contributed by atoms with van der Waals surface area (Å²) in [5.41, 5.74) is 2.30. The van der Waals surface area contributed by atoms with Crippen molar-refractivity contribution in [3.8, 4) is 11.5 Å². The fourth-order valence-electron chi connectivity index (χ4n) is 2.12. The summed E-state index contributed by atoms with van der Waals surface area (Å²) in [6.07, 6.45) is 0. The Morgan fingerprint density at radius 1 is 0.955 bits per heavy atom. The van der Waals surface area contributed by atoms with E-state index in [0.29, 0.717) is 6.61 Å². The molecule has 0 radical (unpaired) electrons. The predicted molar refractivity (Wildman–Crippen MR) is 90.4 cm³/mol. The van der Waals surface area contributed by atoms with Gasteiger partial charge in [0.2, 0.25) is 0 Å². The third kappa shape index (κ3) is 4.78. The number of hydrogen-bond acceptors (Lipinski definition) is 3. The van der Waals surface area contributed by atoms with Crippen molar-refractivity contribution in [2.45, 2.75) is 39.5 Å². The summed E-state index contributed by atoms with van der Waals surface area (Å²) in [4.78, 5) is 0. The highest BCUT2D eigenvalue weighted by molar-refractivity contribution is 5.46. The summed E-state index contributed by atoms with van der Waals surface area (Å²) >= 11 is 0. The standard InChI is InChI=1S/C19H25NO2/c1-19(2,3)20-13-16-11-8-12-17(21-4)18(16)22-14-15-9-6-5-7-10-15/h5-12,20H,13-14H2,1-4H3. The monoisotopic (exact) mass is 299 g/mol. The lowest BCUT2D eigenvalue weighted by atomic mass is 10.1. The Morgan fingerprint density at radius 2 is 1.68 bits per heavy atom. The van der Waals surface area contributed by atoms with Gasteiger partial charge >= 0.3 is 0 Å². The van der Waals surface area contributed by atoms with Crippen molar-refractivity contribution in [2.24, 2.45) is 0 Å². The van der Waals surface area contributed by atoms with E-state index in [-0.39, 0.29) is 5.54 Å². The first kappa shape index (κ1) is 16.4. The van der Waals surface area contributed by atoms with Gasteiger partial charge in [0.05, 0.1) is 7.11 Å². The molecular formula is C19H25NO2. The molecule has 118 valence electrons. The fourth-order valence-corrected chi connectivity index (χ4v) is 2.12. The molecule has 0 aromatic heterocycles. The highest BCUT2D eigenvalue weighted by Gasteiger charge is 2.14. The Balaban J connectivity index is 2.16. The Labute approximate surface area is 133 Å². The van der Waals surface area contributed by atoms with Gasteiger partial charge in [0, 0.05) is 17.6 Å². The molecular weight excluding hydrogens is 274 g/mol. The SMILES string of the molecule is COc1cccc(CNC(C)(C)C)c1OCc1ccccc1. The molecule has 0 saturated carbocycles. The quantitative estimate of drug-likeness (QED) is 0.868. The smallest absolute Gasteiger partial charge is 0.166 e. The summed E-state index contributed by atoms with van der Waals surface area (Å²) in [7, 11) is 1.67. The minimum Gasteiger partial charge on any atom is -0.493 e. The molecule has 3 nitrogen and oxygen atoms in total. The summed E-state index contributed by atoms with van der Waals surface area (Å²) < 4.78 is 11.5. The Hall–Kier alpha value is -2.00. The van der Waals surface area contributed by atoms with E-state index >= 15 is 0 Å². The van der Waals surface area contributed by atoms with Crippen LogP contribution in [0.15, 0.2) is 48.5 Å². The summed E-state index contributed by atoms with van der Waals surface area (Å²) in [6, 6.07) is 16.2. The number of nitrogens with one attached hydrogen (secondary N) is 1. The second-order valence-electron chi connectivity index (χ2n) is 6.33. The van der Waals surface area contributed by atoms with Crippen molar-refractivity contribution < 1.29 is 9.47 Å². The molecule has 0 fully saturated rings. The van der Waals surface area contributed by atoms with E-state index in [1.165, 1.54) is 0 Å². The maximum Gasteiger partial charge on any atom is 0.166 e. The Kier molecular flexibility index (Phi) is 5.45. The molecule has 0 saturated heterocycles. The van der Waals surface area contributed by atoms with Crippen LogP contribution in [-0.4, -0.2) is 12.6 Å². The number of hydrogen-bond donors (Lipinski definition) is 1. The van der Waals surface area contributed by atoms with Crippen LogP contribution in [0.3, 0.4) is 0 Å². The van der Waals surface area contributed by atoms with Gasteiger partial charge in [-0.2, -0.15) is 0 Å². The maximum atomic E-state index is 6.05. The van der Waals surface area contributed by atoms with Gasteiger partial charge in [0.1, 0.15) is 6.61 Å². The summed E-state index contributed by atoms with van der Waals surface area (Å²) in [5.74, 6) is 1.58. The molecule has 0 aliphatic heterocycles. The topological polar surface area (TPSA) is 30.5 Å². The van der Waals surface area contributed by atoms with Crippen LogP contribution in [0, 0.1) is 0 Å². The lowest BCUT2D eigenvalue weighted by Gasteiger charge is -2.22. The van der Waals surface area contributed by atoms with Crippen molar-refractivity contribution in [1.29, 1.82) is 0 Å². The molecule has 3 heteroatoms. The molecule has 0 atom stereocenters. The van der Waals surface area contributed by atoms with Crippen LogP contribution >= 0.6 is 0 Å². The van der Waals surface area contributed by atoms with Crippen LogP contribution in [0.5, 0.6) is 11.5 Å². The molecule has 0 heterocycles. The minimum absolute atomic E-state index is 0.0553. The van der Waals surface area contributed by atoms with Gasteiger partial charge in [-0.3, -0.25) is 0 Å². The van der Waals surface area contributed by atoms with Gasteiger partial charge in [0.25, 0.3) is 0 Å². The van der Waals surface area contributed by atoms with Crippen LogP contribution in [-0.2, 0) is 13.2 Å². The van der Waals surface area contributed by atoms with Crippen molar-refractivity contribution in [3.63, 3.8) is 0 Å². The minimum atomic E-state index is 0.0553. The highest BCUT2D eigenvalue weighted by atomic mass is 16.5. The van der Waals surface area contributed by atoms with E-state index in [0.717, 1.165) is 29.2 Å². The van der Waals surface area contributed by atoms with Crippen molar-refractivity contribution in [1.82, 2.24) is 5.32 Å². The predicted octanol–water partition coefficient (Wildman–Crippen LogP) is 4.16. The molecule has 0 aliphatic rings. The molecule has 0 spiro atoms. The van der Waals surface area contributed by atoms with Crippen LogP contribution in [0.4, 0.5) is 0 Å². The van der Waals surface area contributed by atoms with Crippen LogP contribution in [0.1, 0.15) is 31.9 Å². The van der Waals surface area contributed by atoms with Crippen LogP contribution in [0.2, 0.25) is 0 Å². The largest absolute Gasteiger partial charge is 0.493 e. The van der Waals surface area contributed by atoms with Gasteiger partial charge in [0.15, 0.2) is 11.5 Å². The molecule has 22 heavy (non-hydrogen) atoms. The van der Waals surface area contributed by atoms with Crippen LogP contribution < -0.4 is 14.8 Å². The van der Waals surface area contributed by atoms with E-state index in [9.17, 15) is 0 Å². The normalized spacial score (nSPS) is 11.3. The van der Waals surface area contributed by atoms with Gasteiger partial charge in [-0.25, -0.2) is 0 Å². The number of para-hydroxylation sites is 1. The van der Waals surface area contributed by atoms with Crippen molar-refractivity contribution in [2.75, 3.05) is 7.11 Å². The second kappa shape index (κ2) is 7.32. The summed E-state index contributed by atoms with van der Waals surface area (Å²) in [5, 5.41) is 3.49. The van der Waals surface area contributed by atoms with Crippen LogP contribution in [0.25, 0.3) is 0 Å². The zero-order valence-electron chi connectivity index (χ0n) is 13.8. The number of ether oxygens (including phenoxy) is 2. The van der Waals surface area contributed by atoms with Crippen molar-refractivity contribution >= 4 is 0 Å². The molecule has 1 N–H and O–H groups in total. The fraction of sp³-hybridized carbons (Fsp3) is 0.368. The highest BCUT2D eigenvalue weighted by Crippen LogP contribution is 2.32. The molecule has 2 rings (SSSR count). The number of rotatable bonds is 6. The van der Waals surface area contributed by atoms with Gasteiger partial charge < -0.3 is 14.8 Å². The van der Waals surface area contributed by atoms with E-state index < -0.39 is 0 Å². The average Bonchev–Trinajstić information content (AvgIpc) is 2.51. The van der Waals surface area contributed by atoms with E-state index in [4.69, 9.17) is 9.47 Å². The first-order chi connectivity index (χ1) is 10.5. The zero-order valence-corrected chi connectivity index (χ0v) is 13.8. The third-order valence-electron chi connectivity index (χ3n) is 3.32. The first-order valence-corrected chi connectivity index (χ1v) is 7.57. The van der Waals surface area contributed by atoms with Gasteiger partial charge in [-0.1, -0.05) is 42.5 Å². The third-order valence-corrected chi connectivity index (χ3v) is 3.32. The lowest BCUT2D eigenvalue weighted by molar-refractivity contribution is 0.279. The first-order valence-electron chi connectivity index (χ1n) is 7.57. The second-order valence-corrected chi connectivity index (χ2v) is 6.33. The summed E-state index contributed by atoms with van der Waals surface area (Å²) in [6.45, 7) is 7.72.